The van der Waals surface area contributed by atoms with E-state index in [-0.39, 0.29) is 23.0 Å². The Morgan fingerprint density at radius 3 is 2.21 bits per heavy atom. The van der Waals surface area contributed by atoms with Gasteiger partial charge in [-0.25, -0.2) is 13.2 Å². The van der Waals surface area contributed by atoms with Crippen LogP contribution in [0.4, 0.5) is 5.69 Å². The van der Waals surface area contributed by atoms with Gasteiger partial charge in [-0.15, -0.1) is 0 Å². The van der Waals surface area contributed by atoms with Crippen LogP contribution in [-0.4, -0.2) is 33.4 Å². The average molecular weight is 481 g/mol. The molecule has 0 aromatic heterocycles. The molecule has 178 valence electrons. The second-order valence-electron chi connectivity index (χ2n) is 7.76. The summed E-state index contributed by atoms with van der Waals surface area (Å²) >= 11 is 0. The SMILES string of the molecule is CCN(c1ccccc1)S(=O)(=O)c1cc(C(=O)OCC(=O)N[C@H](C)c2ccccc2)ccc1C. The summed E-state index contributed by atoms with van der Waals surface area (Å²) in [6, 6.07) is 22.3. The van der Waals surface area contributed by atoms with Crippen LogP contribution in [0.15, 0.2) is 83.8 Å². The van der Waals surface area contributed by atoms with Crippen molar-refractivity contribution in [3.8, 4) is 0 Å². The lowest BCUT2D eigenvalue weighted by Crippen LogP contribution is -2.32. The molecule has 0 bridgehead atoms. The van der Waals surface area contributed by atoms with Crippen LogP contribution in [0.1, 0.15) is 41.4 Å². The fraction of sp³-hybridized carbons (Fsp3) is 0.231. The number of ether oxygens (including phenoxy) is 1. The lowest BCUT2D eigenvalue weighted by Gasteiger charge is -2.24. The van der Waals surface area contributed by atoms with Gasteiger partial charge in [-0.3, -0.25) is 9.10 Å². The molecule has 0 fully saturated rings. The number of carbonyl (C=O) groups is 2. The first kappa shape index (κ1) is 25.0. The van der Waals surface area contributed by atoms with Gasteiger partial charge in [0.25, 0.3) is 15.9 Å². The number of para-hydroxylation sites is 1. The molecule has 34 heavy (non-hydrogen) atoms. The molecule has 0 saturated heterocycles. The number of sulfonamides is 1. The summed E-state index contributed by atoms with van der Waals surface area (Å²) in [4.78, 5) is 24.8. The zero-order valence-corrected chi connectivity index (χ0v) is 20.2. The molecule has 0 unspecified atom stereocenters. The molecular weight excluding hydrogens is 452 g/mol. The Balaban J connectivity index is 1.72. The molecule has 3 aromatic carbocycles. The average Bonchev–Trinajstić information content (AvgIpc) is 2.84. The molecule has 1 amide bonds. The first-order valence-electron chi connectivity index (χ1n) is 10.9. The van der Waals surface area contributed by atoms with Crippen molar-refractivity contribution in [2.45, 2.75) is 31.7 Å². The molecule has 0 aliphatic carbocycles. The standard InChI is InChI=1S/C26H28N2O5S/c1-4-28(23-13-9-6-10-14-23)34(31,32)24-17-22(16-15-19(24)2)26(30)33-18-25(29)27-20(3)21-11-7-5-8-12-21/h5-17,20H,4,18H2,1-3H3,(H,27,29)/t20-/m1/s1. The Labute approximate surface area is 200 Å². The largest absolute Gasteiger partial charge is 0.452 e. The van der Waals surface area contributed by atoms with Crippen LogP contribution in [0.5, 0.6) is 0 Å². The van der Waals surface area contributed by atoms with Gasteiger partial charge in [0.2, 0.25) is 0 Å². The summed E-state index contributed by atoms with van der Waals surface area (Å²) in [5.41, 5.74) is 2.01. The zero-order chi connectivity index (χ0) is 24.7. The van der Waals surface area contributed by atoms with Crippen molar-refractivity contribution in [1.82, 2.24) is 5.32 Å². The minimum absolute atomic E-state index is 0.00908. The van der Waals surface area contributed by atoms with Gasteiger partial charge in [0.15, 0.2) is 6.61 Å². The summed E-state index contributed by atoms with van der Waals surface area (Å²) in [7, 11) is -3.92. The van der Waals surface area contributed by atoms with Crippen LogP contribution >= 0.6 is 0 Å². The maximum absolute atomic E-state index is 13.4. The van der Waals surface area contributed by atoms with Gasteiger partial charge < -0.3 is 10.1 Å². The number of nitrogens with one attached hydrogen (secondary N) is 1. The van der Waals surface area contributed by atoms with Crippen LogP contribution in [0, 0.1) is 6.92 Å². The molecule has 1 atom stereocenters. The number of nitrogens with zero attached hydrogens (tertiary/aromatic N) is 1. The topological polar surface area (TPSA) is 92.8 Å². The number of esters is 1. The van der Waals surface area contributed by atoms with E-state index in [0.29, 0.717) is 11.3 Å². The maximum Gasteiger partial charge on any atom is 0.338 e. The lowest BCUT2D eigenvalue weighted by molar-refractivity contribution is -0.124. The molecule has 7 nitrogen and oxygen atoms in total. The summed E-state index contributed by atoms with van der Waals surface area (Å²) in [6.45, 7) is 4.99. The van der Waals surface area contributed by atoms with Gasteiger partial charge in [-0.1, -0.05) is 54.6 Å². The second kappa shape index (κ2) is 11.0. The molecule has 8 heteroatoms. The predicted molar refractivity (Wildman–Crippen MR) is 131 cm³/mol. The number of anilines is 1. The van der Waals surface area contributed by atoms with Crippen molar-refractivity contribution in [2.24, 2.45) is 0 Å². The molecule has 0 heterocycles. The molecule has 0 spiro atoms. The van der Waals surface area contributed by atoms with E-state index in [2.05, 4.69) is 5.32 Å². The van der Waals surface area contributed by atoms with Gasteiger partial charge in [0, 0.05) is 6.54 Å². The molecule has 3 aromatic rings. The third kappa shape index (κ3) is 5.82. The summed E-state index contributed by atoms with van der Waals surface area (Å²) in [5, 5.41) is 2.77. The van der Waals surface area contributed by atoms with E-state index in [1.54, 1.807) is 44.2 Å². The summed E-state index contributed by atoms with van der Waals surface area (Å²) in [5.74, 6) is -1.23. The van der Waals surface area contributed by atoms with Gasteiger partial charge in [0.1, 0.15) is 0 Å². The highest BCUT2D eigenvalue weighted by atomic mass is 32.2. The van der Waals surface area contributed by atoms with Gasteiger partial charge in [-0.2, -0.15) is 0 Å². The Morgan fingerprint density at radius 1 is 0.971 bits per heavy atom. The highest BCUT2D eigenvalue weighted by Gasteiger charge is 2.26. The molecule has 0 aliphatic heterocycles. The summed E-state index contributed by atoms with van der Waals surface area (Å²) in [6.07, 6.45) is 0. The second-order valence-corrected chi connectivity index (χ2v) is 9.59. The highest BCUT2D eigenvalue weighted by molar-refractivity contribution is 7.92. The number of rotatable bonds is 9. The minimum Gasteiger partial charge on any atom is -0.452 e. The van der Waals surface area contributed by atoms with E-state index in [0.717, 1.165) is 5.56 Å². The van der Waals surface area contributed by atoms with E-state index in [9.17, 15) is 18.0 Å². The van der Waals surface area contributed by atoms with Crippen LogP contribution in [-0.2, 0) is 19.6 Å². The van der Waals surface area contributed by atoms with E-state index >= 15 is 0 Å². The number of hydrogen-bond donors (Lipinski definition) is 1. The van der Waals surface area contributed by atoms with Crippen LogP contribution in [0.3, 0.4) is 0 Å². The van der Waals surface area contributed by atoms with Crippen molar-refractivity contribution in [2.75, 3.05) is 17.5 Å². The Hall–Kier alpha value is -3.65. The zero-order valence-electron chi connectivity index (χ0n) is 19.4. The summed E-state index contributed by atoms with van der Waals surface area (Å²) < 4.78 is 33.2. The van der Waals surface area contributed by atoms with E-state index in [1.807, 2.05) is 43.3 Å². The van der Waals surface area contributed by atoms with Crippen LogP contribution < -0.4 is 9.62 Å². The van der Waals surface area contributed by atoms with Crippen LogP contribution in [0.2, 0.25) is 0 Å². The molecule has 0 aliphatic rings. The quantitative estimate of drug-likeness (QED) is 0.463. The van der Waals surface area contributed by atoms with Crippen molar-refractivity contribution in [1.29, 1.82) is 0 Å². The van der Waals surface area contributed by atoms with Crippen molar-refractivity contribution < 1.29 is 22.7 Å². The van der Waals surface area contributed by atoms with E-state index in [4.69, 9.17) is 4.74 Å². The van der Waals surface area contributed by atoms with Crippen molar-refractivity contribution >= 4 is 27.6 Å². The smallest absolute Gasteiger partial charge is 0.338 e. The number of carbonyl (C=O) groups excluding carboxylic acids is 2. The van der Waals surface area contributed by atoms with Crippen molar-refractivity contribution in [3.63, 3.8) is 0 Å². The maximum atomic E-state index is 13.4. The van der Waals surface area contributed by atoms with Crippen molar-refractivity contribution in [3.05, 3.63) is 95.6 Å². The highest BCUT2D eigenvalue weighted by Crippen LogP contribution is 2.26. The minimum atomic E-state index is -3.92. The monoisotopic (exact) mass is 480 g/mol. The lowest BCUT2D eigenvalue weighted by atomic mass is 10.1. The third-order valence-electron chi connectivity index (χ3n) is 5.33. The molecule has 0 radical (unpaired) electrons. The molecule has 3 rings (SSSR count). The first-order chi connectivity index (χ1) is 16.2. The number of amides is 1. The molecule has 1 N–H and O–H groups in total. The number of hydrogen-bond acceptors (Lipinski definition) is 5. The molecule has 0 saturated carbocycles. The fourth-order valence-corrected chi connectivity index (χ4v) is 5.26. The van der Waals surface area contributed by atoms with E-state index in [1.165, 1.54) is 16.4 Å². The van der Waals surface area contributed by atoms with E-state index < -0.39 is 28.5 Å². The number of benzene rings is 3. The van der Waals surface area contributed by atoms with Gasteiger partial charge in [-0.05, 0) is 56.2 Å². The predicted octanol–water partition coefficient (Wildman–Crippen LogP) is 4.24. The van der Waals surface area contributed by atoms with Gasteiger partial charge >= 0.3 is 5.97 Å². The Bertz CT molecular complexity index is 1240. The van der Waals surface area contributed by atoms with Gasteiger partial charge in [0.05, 0.1) is 22.2 Å². The molecular formula is C26H28N2O5S. The Morgan fingerprint density at radius 2 is 1.59 bits per heavy atom. The first-order valence-corrected chi connectivity index (χ1v) is 12.4. The number of aryl methyl sites for hydroxylation is 1. The van der Waals surface area contributed by atoms with Crippen LogP contribution in [0.25, 0.3) is 0 Å². The normalized spacial score (nSPS) is 12.0. The fourth-order valence-electron chi connectivity index (χ4n) is 3.53. The third-order valence-corrected chi connectivity index (χ3v) is 7.38. The Kier molecular flexibility index (Phi) is 8.07.